The zero-order valence-electron chi connectivity index (χ0n) is 10.9. The minimum absolute atomic E-state index is 0.763. The van der Waals surface area contributed by atoms with Gasteiger partial charge < -0.3 is 10.1 Å². The van der Waals surface area contributed by atoms with Crippen LogP contribution in [-0.4, -0.2) is 25.8 Å². The highest BCUT2D eigenvalue weighted by molar-refractivity contribution is 4.88. The first-order chi connectivity index (χ1) is 7.81. The molecule has 1 saturated heterocycles. The van der Waals surface area contributed by atoms with E-state index in [0.717, 1.165) is 43.6 Å². The van der Waals surface area contributed by atoms with Crippen molar-refractivity contribution in [3.63, 3.8) is 0 Å². The summed E-state index contributed by atoms with van der Waals surface area (Å²) < 4.78 is 5.48. The Kier molecular flexibility index (Phi) is 4.66. The van der Waals surface area contributed by atoms with Crippen molar-refractivity contribution in [2.75, 3.05) is 19.8 Å². The fraction of sp³-hybridized carbons (Fsp3) is 1.00. The molecule has 0 amide bonds. The van der Waals surface area contributed by atoms with Crippen LogP contribution in [0.4, 0.5) is 0 Å². The van der Waals surface area contributed by atoms with Crippen molar-refractivity contribution in [3.8, 4) is 0 Å². The second kappa shape index (κ2) is 6.02. The second-order valence-electron chi connectivity index (χ2n) is 5.71. The van der Waals surface area contributed by atoms with Crippen LogP contribution in [0.15, 0.2) is 0 Å². The highest BCUT2D eigenvalue weighted by atomic mass is 16.5. The molecule has 1 aliphatic carbocycles. The van der Waals surface area contributed by atoms with Gasteiger partial charge in [0.2, 0.25) is 0 Å². The lowest BCUT2D eigenvalue weighted by molar-refractivity contribution is 0.0448. The van der Waals surface area contributed by atoms with Crippen molar-refractivity contribution < 1.29 is 4.74 Å². The lowest BCUT2D eigenvalue weighted by atomic mass is 9.82. The van der Waals surface area contributed by atoms with Crippen molar-refractivity contribution >= 4 is 0 Å². The van der Waals surface area contributed by atoms with E-state index in [0.29, 0.717) is 0 Å². The van der Waals surface area contributed by atoms with Gasteiger partial charge in [0.25, 0.3) is 0 Å². The van der Waals surface area contributed by atoms with Crippen molar-refractivity contribution in [2.45, 2.75) is 52.0 Å². The molecule has 0 spiro atoms. The van der Waals surface area contributed by atoms with Crippen molar-refractivity contribution in [1.82, 2.24) is 5.32 Å². The smallest absolute Gasteiger partial charge is 0.0469 e. The van der Waals surface area contributed by atoms with E-state index in [1.165, 1.54) is 32.1 Å². The summed E-state index contributed by atoms with van der Waals surface area (Å²) in [5.74, 6) is 2.74. The molecule has 0 aromatic carbocycles. The first kappa shape index (κ1) is 12.4. The lowest BCUT2D eigenvalue weighted by Crippen LogP contribution is -2.43. The van der Waals surface area contributed by atoms with Crippen LogP contribution in [0.25, 0.3) is 0 Å². The Balaban J connectivity index is 1.92. The van der Waals surface area contributed by atoms with Crippen LogP contribution in [-0.2, 0) is 4.74 Å². The van der Waals surface area contributed by atoms with Gasteiger partial charge in [0.05, 0.1) is 0 Å². The maximum Gasteiger partial charge on any atom is 0.0469 e. The molecule has 1 heterocycles. The Bertz CT molecular complexity index is 196. The molecule has 0 bridgehead atoms. The zero-order valence-corrected chi connectivity index (χ0v) is 10.9. The first-order valence-electron chi connectivity index (χ1n) is 7.12. The van der Waals surface area contributed by atoms with Crippen LogP contribution in [0.2, 0.25) is 0 Å². The lowest BCUT2D eigenvalue weighted by Gasteiger charge is -2.35. The molecular formula is C14H27NO. The molecule has 0 radical (unpaired) electrons. The minimum atomic E-state index is 0.763. The van der Waals surface area contributed by atoms with E-state index in [4.69, 9.17) is 4.74 Å². The van der Waals surface area contributed by atoms with Gasteiger partial charge in [0.15, 0.2) is 0 Å². The van der Waals surface area contributed by atoms with E-state index < -0.39 is 0 Å². The monoisotopic (exact) mass is 225 g/mol. The van der Waals surface area contributed by atoms with E-state index >= 15 is 0 Å². The molecule has 3 atom stereocenters. The van der Waals surface area contributed by atoms with Crippen LogP contribution < -0.4 is 5.32 Å². The Morgan fingerprint density at radius 2 is 1.88 bits per heavy atom. The average molecular weight is 225 g/mol. The molecular weight excluding hydrogens is 198 g/mol. The van der Waals surface area contributed by atoms with Gasteiger partial charge in [-0.25, -0.2) is 0 Å². The zero-order chi connectivity index (χ0) is 11.4. The average Bonchev–Trinajstić information content (AvgIpc) is 2.74. The summed E-state index contributed by atoms with van der Waals surface area (Å²) in [7, 11) is 0. The maximum absolute atomic E-state index is 5.48. The fourth-order valence-corrected chi connectivity index (χ4v) is 3.61. The molecule has 94 valence electrons. The Morgan fingerprint density at radius 1 is 1.12 bits per heavy atom. The summed E-state index contributed by atoms with van der Waals surface area (Å²) in [4.78, 5) is 0. The number of rotatable bonds is 4. The summed E-state index contributed by atoms with van der Waals surface area (Å²) in [6.45, 7) is 7.73. The Labute approximate surface area is 100 Å². The standard InChI is InChI=1S/C14H27NO/c1-3-15-14(12-6-8-16-9-7-12)13-5-4-11(2)10-13/h11-15H,3-10H2,1-2H3. The summed E-state index contributed by atoms with van der Waals surface area (Å²) in [6, 6.07) is 0.763. The fourth-order valence-electron chi connectivity index (χ4n) is 3.61. The third-order valence-electron chi connectivity index (χ3n) is 4.46. The SMILES string of the molecule is CCNC(C1CCOCC1)C1CCC(C)C1. The largest absolute Gasteiger partial charge is 0.381 e. The first-order valence-corrected chi connectivity index (χ1v) is 7.12. The highest BCUT2D eigenvalue weighted by Gasteiger charge is 2.33. The number of ether oxygens (including phenoxy) is 1. The Morgan fingerprint density at radius 3 is 2.44 bits per heavy atom. The van der Waals surface area contributed by atoms with E-state index in [2.05, 4.69) is 19.2 Å². The van der Waals surface area contributed by atoms with Crippen LogP contribution >= 0.6 is 0 Å². The Hall–Kier alpha value is -0.0800. The molecule has 16 heavy (non-hydrogen) atoms. The van der Waals surface area contributed by atoms with Crippen molar-refractivity contribution in [3.05, 3.63) is 0 Å². The third kappa shape index (κ3) is 2.98. The number of hydrogen-bond donors (Lipinski definition) is 1. The van der Waals surface area contributed by atoms with E-state index in [-0.39, 0.29) is 0 Å². The van der Waals surface area contributed by atoms with Gasteiger partial charge in [-0.15, -0.1) is 0 Å². The minimum Gasteiger partial charge on any atom is -0.381 e. The summed E-state index contributed by atoms with van der Waals surface area (Å²) in [6.07, 6.45) is 6.85. The molecule has 1 N–H and O–H groups in total. The van der Waals surface area contributed by atoms with Gasteiger partial charge in [-0.05, 0) is 50.0 Å². The third-order valence-corrected chi connectivity index (χ3v) is 4.46. The predicted octanol–water partition coefficient (Wildman–Crippen LogP) is 2.83. The van der Waals surface area contributed by atoms with Gasteiger partial charge in [-0.2, -0.15) is 0 Å². The van der Waals surface area contributed by atoms with Gasteiger partial charge in [0.1, 0.15) is 0 Å². The van der Waals surface area contributed by atoms with Crippen LogP contribution in [0.3, 0.4) is 0 Å². The molecule has 1 aliphatic heterocycles. The number of hydrogen-bond acceptors (Lipinski definition) is 2. The molecule has 0 aromatic rings. The second-order valence-corrected chi connectivity index (χ2v) is 5.71. The van der Waals surface area contributed by atoms with Gasteiger partial charge in [-0.3, -0.25) is 0 Å². The molecule has 2 nitrogen and oxygen atoms in total. The van der Waals surface area contributed by atoms with Gasteiger partial charge in [0, 0.05) is 19.3 Å². The summed E-state index contributed by atoms with van der Waals surface area (Å²) >= 11 is 0. The molecule has 3 unspecified atom stereocenters. The van der Waals surface area contributed by atoms with E-state index in [1.54, 1.807) is 0 Å². The maximum atomic E-state index is 5.48. The van der Waals surface area contributed by atoms with E-state index in [1.807, 2.05) is 0 Å². The molecule has 1 saturated carbocycles. The highest BCUT2D eigenvalue weighted by Crippen LogP contribution is 2.37. The molecule has 0 aromatic heterocycles. The van der Waals surface area contributed by atoms with Gasteiger partial charge in [-0.1, -0.05) is 20.3 Å². The van der Waals surface area contributed by atoms with Crippen LogP contribution in [0, 0.1) is 17.8 Å². The van der Waals surface area contributed by atoms with Crippen molar-refractivity contribution in [2.24, 2.45) is 17.8 Å². The van der Waals surface area contributed by atoms with Gasteiger partial charge >= 0.3 is 0 Å². The van der Waals surface area contributed by atoms with Crippen molar-refractivity contribution in [1.29, 1.82) is 0 Å². The predicted molar refractivity (Wildman–Crippen MR) is 67.5 cm³/mol. The molecule has 2 heteroatoms. The molecule has 2 fully saturated rings. The summed E-state index contributed by atoms with van der Waals surface area (Å²) in [5.41, 5.74) is 0. The normalized spacial score (nSPS) is 34.1. The van der Waals surface area contributed by atoms with Crippen LogP contribution in [0.1, 0.15) is 46.0 Å². The molecule has 2 aliphatic rings. The molecule has 2 rings (SSSR count). The van der Waals surface area contributed by atoms with E-state index in [9.17, 15) is 0 Å². The quantitative estimate of drug-likeness (QED) is 0.794. The van der Waals surface area contributed by atoms with Crippen LogP contribution in [0.5, 0.6) is 0 Å². The number of nitrogens with one attached hydrogen (secondary N) is 1. The topological polar surface area (TPSA) is 21.3 Å². The summed E-state index contributed by atoms with van der Waals surface area (Å²) in [5, 5.41) is 3.76.